The maximum Gasteiger partial charge on any atom is 0.221 e. The van der Waals surface area contributed by atoms with Gasteiger partial charge in [-0.05, 0) is 35.7 Å². The molecule has 2 rings (SSSR count). The quantitative estimate of drug-likeness (QED) is 0.736. The van der Waals surface area contributed by atoms with E-state index in [1.54, 1.807) is 6.20 Å². The molecule has 0 bridgehead atoms. The molecule has 0 fully saturated rings. The molecular weight excluding hydrogens is 298 g/mol. The molecule has 1 amide bonds. The van der Waals surface area contributed by atoms with Crippen LogP contribution in [0.5, 0.6) is 0 Å². The average Bonchev–Trinajstić information content (AvgIpc) is 2.54. The van der Waals surface area contributed by atoms with Gasteiger partial charge >= 0.3 is 0 Å². The van der Waals surface area contributed by atoms with Gasteiger partial charge in [0, 0.05) is 43.5 Å². The summed E-state index contributed by atoms with van der Waals surface area (Å²) in [5.41, 5.74) is 2.28. The van der Waals surface area contributed by atoms with Crippen LogP contribution in [0.15, 0.2) is 48.8 Å². The largest absolute Gasteiger partial charge is 0.356 e. The van der Waals surface area contributed by atoms with Gasteiger partial charge in [-0.1, -0.05) is 29.8 Å². The van der Waals surface area contributed by atoms with Gasteiger partial charge in [0.15, 0.2) is 0 Å². The van der Waals surface area contributed by atoms with Crippen LogP contribution in [-0.2, 0) is 17.8 Å². The van der Waals surface area contributed by atoms with Crippen LogP contribution in [0.2, 0.25) is 5.02 Å². The summed E-state index contributed by atoms with van der Waals surface area (Å²) in [7, 11) is 0. The van der Waals surface area contributed by atoms with Gasteiger partial charge < -0.3 is 10.6 Å². The smallest absolute Gasteiger partial charge is 0.221 e. The number of carbonyl (C=O) groups is 1. The molecule has 0 aliphatic rings. The Morgan fingerprint density at radius 2 is 1.91 bits per heavy atom. The number of carbonyl (C=O) groups excluding carboxylic acids is 1. The van der Waals surface area contributed by atoms with Crippen LogP contribution in [0.4, 0.5) is 0 Å². The highest BCUT2D eigenvalue weighted by Gasteiger charge is 2.01. The molecule has 5 heteroatoms. The molecule has 0 aliphatic heterocycles. The topological polar surface area (TPSA) is 54.0 Å². The van der Waals surface area contributed by atoms with E-state index >= 15 is 0 Å². The number of hydrogen-bond acceptors (Lipinski definition) is 3. The lowest BCUT2D eigenvalue weighted by Gasteiger charge is -2.07. The van der Waals surface area contributed by atoms with Gasteiger partial charge in [0.25, 0.3) is 0 Å². The van der Waals surface area contributed by atoms with Crippen LogP contribution in [0, 0.1) is 0 Å². The van der Waals surface area contributed by atoms with Crippen molar-refractivity contribution in [2.45, 2.75) is 19.4 Å². The molecule has 0 saturated carbocycles. The zero-order valence-corrected chi connectivity index (χ0v) is 13.1. The Labute approximate surface area is 135 Å². The number of amides is 1. The molecule has 2 N–H and O–H groups in total. The summed E-state index contributed by atoms with van der Waals surface area (Å²) < 4.78 is 0. The van der Waals surface area contributed by atoms with Gasteiger partial charge in [-0.2, -0.15) is 0 Å². The van der Waals surface area contributed by atoms with Gasteiger partial charge in [0.1, 0.15) is 0 Å². The van der Waals surface area contributed by atoms with Crippen molar-refractivity contribution >= 4 is 17.5 Å². The Morgan fingerprint density at radius 3 is 2.64 bits per heavy atom. The van der Waals surface area contributed by atoms with Crippen LogP contribution >= 0.6 is 11.6 Å². The van der Waals surface area contributed by atoms with Crippen LogP contribution in [-0.4, -0.2) is 24.0 Å². The van der Waals surface area contributed by atoms with Crippen LogP contribution in [0.25, 0.3) is 0 Å². The average molecular weight is 318 g/mol. The first-order valence-corrected chi connectivity index (χ1v) is 7.72. The number of rotatable bonds is 8. The molecule has 22 heavy (non-hydrogen) atoms. The van der Waals surface area contributed by atoms with E-state index in [4.69, 9.17) is 11.6 Å². The maximum atomic E-state index is 11.7. The second-order valence-electron chi connectivity index (χ2n) is 5.01. The third-order valence-electron chi connectivity index (χ3n) is 3.23. The first-order chi connectivity index (χ1) is 10.7. The molecule has 0 aliphatic carbocycles. The molecule has 1 aromatic carbocycles. The van der Waals surface area contributed by atoms with Crippen LogP contribution in [0.1, 0.15) is 17.5 Å². The predicted molar refractivity (Wildman–Crippen MR) is 88.7 cm³/mol. The number of nitrogens with one attached hydrogen (secondary N) is 2. The Hall–Kier alpha value is -1.91. The zero-order chi connectivity index (χ0) is 15.6. The number of hydrogen-bond donors (Lipinski definition) is 2. The molecule has 0 radical (unpaired) electrons. The van der Waals surface area contributed by atoms with Crippen molar-refractivity contribution in [1.82, 2.24) is 15.6 Å². The number of nitrogens with zero attached hydrogens (tertiary/aromatic N) is 1. The first kappa shape index (κ1) is 16.5. The van der Waals surface area contributed by atoms with Gasteiger partial charge in [0.05, 0.1) is 0 Å². The van der Waals surface area contributed by atoms with Crippen molar-refractivity contribution < 1.29 is 4.79 Å². The van der Waals surface area contributed by atoms with E-state index in [0.29, 0.717) is 19.5 Å². The minimum absolute atomic E-state index is 0.0626. The lowest BCUT2D eigenvalue weighted by molar-refractivity contribution is -0.120. The van der Waals surface area contributed by atoms with Gasteiger partial charge in [-0.25, -0.2) is 0 Å². The molecule has 1 aromatic heterocycles. The van der Waals surface area contributed by atoms with Crippen molar-refractivity contribution in [3.05, 3.63) is 64.9 Å². The van der Waals surface area contributed by atoms with Crippen molar-refractivity contribution in [1.29, 1.82) is 0 Å². The molecule has 1 heterocycles. The Morgan fingerprint density at radius 1 is 1.09 bits per heavy atom. The Kier molecular flexibility index (Phi) is 6.87. The number of halogens is 1. The van der Waals surface area contributed by atoms with Crippen molar-refractivity contribution in [2.75, 3.05) is 13.1 Å². The fraction of sp³-hybridized carbons (Fsp3) is 0.294. The highest BCUT2D eigenvalue weighted by Crippen LogP contribution is 2.09. The normalized spacial score (nSPS) is 10.4. The van der Waals surface area contributed by atoms with Crippen molar-refractivity contribution in [3.63, 3.8) is 0 Å². The molecule has 0 atom stereocenters. The fourth-order valence-corrected chi connectivity index (χ4v) is 2.15. The third kappa shape index (κ3) is 6.24. The summed E-state index contributed by atoms with van der Waals surface area (Å²) >= 11 is 5.83. The summed E-state index contributed by atoms with van der Waals surface area (Å²) in [6, 6.07) is 11.6. The minimum atomic E-state index is 0.0626. The number of benzene rings is 1. The molecule has 0 spiro atoms. The lowest BCUT2D eigenvalue weighted by Crippen LogP contribution is -2.29. The Bertz CT molecular complexity index is 572. The van der Waals surface area contributed by atoms with Gasteiger partial charge in [-0.3, -0.25) is 9.78 Å². The summed E-state index contributed by atoms with van der Waals surface area (Å²) in [5.74, 6) is 0.0626. The highest BCUT2D eigenvalue weighted by atomic mass is 35.5. The van der Waals surface area contributed by atoms with Gasteiger partial charge in [0.2, 0.25) is 5.91 Å². The molecule has 116 valence electrons. The van der Waals surface area contributed by atoms with E-state index in [1.807, 2.05) is 42.6 Å². The monoisotopic (exact) mass is 317 g/mol. The van der Waals surface area contributed by atoms with E-state index in [0.717, 1.165) is 23.6 Å². The number of aromatic nitrogens is 1. The predicted octanol–water partition coefficient (Wildman–Crippen LogP) is 2.57. The molecule has 2 aromatic rings. The maximum absolute atomic E-state index is 11.7. The van der Waals surface area contributed by atoms with E-state index in [1.165, 1.54) is 5.56 Å². The third-order valence-corrected chi connectivity index (χ3v) is 3.48. The van der Waals surface area contributed by atoms with E-state index in [-0.39, 0.29) is 5.91 Å². The second-order valence-corrected chi connectivity index (χ2v) is 5.45. The van der Waals surface area contributed by atoms with Crippen molar-refractivity contribution in [3.8, 4) is 0 Å². The summed E-state index contributed by atoms with van der Waals surface area (Å²) in [4.78, 5) is 15.8. The van der Waals surface area contributed by atoms with Crippen LogP contribution < -0.4 is 10.6 Å². The van der Waals surface area contributed by atoms with E-state index < -0.39 is 0 Å². The van der Waals surface area contributed by atoms with Crippen molar-refractivity contribution in [2.24, 2.45) is 0 Å². The number of pyridine rings is 1. The molecular formula is C17H20ClN3O. The lowest BCUT2D eigenvalue weighted by atomic mass is 10.1. The van der Waals surface area contributed by atoms with Gasteiger partial charge in [-0.15, -0.1) is 0 Å². The highest BCUT2D eigenvalue weighted by molar-refractivity contribution is 6.30. The first-order valence-electron chi connectivity index (χ1n) is 7.35. The summed E-state index contributed by atoms with van der Waals surface area (Å²) in [6.45, 7) is 2.02. The minimum Gasteiger partial charge on any atom is -0.356 e. The summed E-state index contributed by atoms with van der Waals surface area (Å²) in [6.07, 6.45) is 4.85. The molecule has 4 nitrogen and oxygen atoms in total. The zero-order valence-electron chi connectivity index (χ0n) is 12.4. The summed E-state index contributed by atoms with van der Waals surface area (Å²) in [5, 5.41) is 6.88. The van der Waals surface area contributed by atoms with Crippen LogP contribution in [0.3, 0.4) is 0 Å². The fourth-order valence-electron chi connectivity index (χ4n) is 2.02. The van der Waals surface area contributed by atoms with E-state index in [9.17, 15) is 4.79 Å². The molecule has 0 unspecified atom stereocenters. The Balaban J connectivity index is 1.55. The van der Waals surface area contributed by atoms with E-state index in [2.05, 4.69) is 15.6 Å². The SMILES string of the molecule is O=C(CCNCc1cccnc1)NCCc1ccc(Cl)cc1. The molecule has 0 saturated heterocycles. The second kappa shape index (κ2) is 9.18. The standard InChI is InChI=1S/C17H20ClN3O/c18-16-5-3-14(4-6-16)7-11-21-17(22)8-10-20-13-15-2-1-9-19-12-15/h1-6,9,12,20H,7-8,10-11,13H2,(H,21,22).